The van der Waals surface area contributed by atoms with Crippen LogP contribution in [0, 0.1) is 17.0 Å². The second-order valence-electron chi connectivity index (χ2n) is 6.91. The second kappa shape index (κ2) is 10.1. The molecule has 0 unspecified atom stereocenters. The monoisotopic (exact) mass is 455 g/mol. The molecule has 2 aromatic carbocycles. The maximum atomic E-state index is 12.5. The molecule has 0 spiro atoms. The van der Waals surface area contributed by atoms with Gasteiger partial charge in [0.25, 0.3) is 5.69 Å². The van der Waals surface area contributed by atoms with E-state index in [-0.39, 0.29) is 23.1 Å². The van der Waals surface area contributed by atoms with Gasteiger partial charge in [-0.15, -0.1) is 0 Å². The highest BCUT2D eigenvalue weighted by Gasteiger charge is 2.13. The molecule has 3 rings (SSSR count). The molecule has 3 aromatic rings. The van der Waals surface area contributed by atoms with Crippen LogP contribution in [0.1, 0.15) is 34.1 Å². The van der Waals surface area contributed by atoms with Crippen molar-refractivity contribution in [1.29, 1.82) is 0 Å². The molecule has 9 heteroatoms. The Balaban J connectivity index is 1.76. The summed E-state index contributed by atoms with van der Waals surface area (Å²) in [6.07, 6.45) is 4.96. The van der Waals surface area contributed by atoms with E-state index in [2.05, 4.69) is 5.10 Å². The summed E-state index contributed by atoms with van der Waals surface area (Å²) in [7, 11) is 1.55. The standard InChI is InChI=1S/C23H22ClN3O5/c1-4-26-13-19(15(2)25-26)21(28)8-5-16-6-9-22(31-3)17(11-16)14-32-23-10-7-18(27(29)30)12-20(23)24/h5-13H,4,14H2,1-3H3/b8-5+. The predicted molar refractivity (Wildman–Crippen MR) is 121 cm³/mol. The first-order chi connectivity index (χ1) is 15.3. The number of rotatable bonds is 9. The highest BCUT2D eigenvalue weighted by Crippen LogP contribution is 2.30. The molecule has 0 radical (unpaired) electrons. The van der Waals surface area contributed by atoms with E-state index in [0.29, 0.717) is 29.3 Å². The van der Waals surface area contributed by atoms with E-state index < -0.39 is 4.92 Å². The van der Waals surface area contributed by atoms with E-state index in [0.717, 1.165) is 11.1 Å². The Hall–Kier alpha value is -3.65. The van der Waals surface area contributed by atoms with E-state index in [1.165, 1.54) is 24.3 Å². The molecule has 0 amide bonds. The number of methoxy groups -OCH3 is 1. The lowest BCUT2D eigenvalue weighted by atomic mass is 10.1. The third kappa shape index (κ3) is 5.33. The van der Waals surface area contributed by atoms with Crippen molar-refractivity contribution in [1.82, 2.24) is 9.78 Å². The minimum Gasteiger partial charge on any atom is -0.496 e. The smallest absolute Gasteiger partial charge is 0.271 e. The zero-order valence-corrected chi connectivity index (χ0v) is 18.6. The molecule has 0 atom stereocenters. The number of benzene rings is 2. The summed E-state index contributed by atoms with van der Waals surface area (Å²) in [5.41, 5.74) is 2.65. The normalized spacial score (nSPS) is 11.0. The molecule has 0 bridgehead atoms. The van der Waals surface area contributed by atoms with Gasteiger partial charge in [0.15, 0.2) is 5.78 Å². The third-order valence-electron chi connectivity index (χ3n) is 4.78. The molecule has 0 aliphatic carbocycles. The van der Waals surface area contributed by atoms with Crippen molar-refractivity contribution < 1.29 is 19.2 Å². The van der Waals surface area contributed by atoms with Crippen molar-refractivity contribution in [3.63, 3.8) is 0 Å². The molecule has 0 aliphatic heterocycles. The average Bonchev–Trinajstić information content (AvgIpc) is 3.17. The molecule has 1 heterocycles. The Labute approximate surface area is 190 Å². The molecule has 0 saturated carbocycles. The average molecular weight is 456 g/mol. The molecule has 0 N–H and O–H groups in total. The highest BCUT2D eigenvalue weighted by molar-refractivity contribution is 6.32. The number of allylic oxidation sites excluding steroid dienone is 1. The number of aromatic nitrogens is 2. The minimum absolute atomic E-state index is 0.114. The molecular weight excluding hydrogens is 434 g/mol. The molecule has 32 heavy (non-hydrogen) atoms. The topological polar surface area (TPSA) is 96.5 Å². The van der Waals surface area contributed by atoms with Crippen molar-refractivity contribution >= 4 is 29.1 Å². The van der Waals surface area contributed by atoms with Gasteiger partial charge in [0.2, 0.25) is 0 Å². The summed E-state index contributed by atoms with van der Waals surface area (Å²) in [6, 6.07) is 9.46. The third-order valence-corrected chi connectivity index (χ3v) is 5.07. The van der Waals surface area contributed by atoms with Gasteiger partial charge in [-0.2, -0.15) is 5.10 Å². The van der Waals surface area contributed by atoms with E-state index >= 15 is 0 Å². The van der Waals surface area contributed by atoms with Gasteiger partial charge in [-0.1, -0.05) is 23.7 Å². The van der Waals surface area contributed by atoms with Crippen LogP contribution in [0.15, 0.2) is 48.7 Å². The lowest BCUT2D eigenvalue weighted by molar-refractivity contribution is -0.384. The number of nitro benzene ring substituents is 1. The van der Waals surface area contributed by atoms with Crippen LogP contribution < -0.4 is 9.47 Å². The zero-order chi connectivity index (χ0) is 23.3. The maximum Gasteiger partial charge on any atom is 0.271 e. The number of non-ortho nitro benzene ring substituents is 1. The van der Waals surface area contributed by atoms with Crippen LogP contribution in [0.3, 0.4) is 0 Å². The first-order valence-corrected chi connectivity index (χ1v) is 10.2. The van der Waals surface area contributed by atoms with Crippen LogP contribution >= 0.6 is 11.6 Å². The zero-order valence-electron chi connectivity index (χ0n) is 17.9. The lowest BCUT2D eigenvalue weighted by Crippen LogP contribution is -2.00. The lowest BCUT2D eigenvalue weighted by Gasteiger charge is -2.12. The van der Waals surface area contributed by atoms with E-state index in [9.17, 15) is 14.9 Å². The van der Waals surface area contributed by atoms with Gasteiger partial charge < -0.3 is 9.47 Å². The number of hydrogen-bond donors (Lipinski definition) is 0. The van der Waals surface area contributed by atoms with Crippen LogP contribution in [0.2, 0.25) is 5.02 Å². The van der Waals surface area contributed by atoms with Crippen LogP contribution in [0.5, 0.6) is 11.5 Å². The summed E-state index contributed by atoms with van der Waals surface area (Å²) < 4.78 is 12.9. The number of halogens is 1. The number of carbonyl (C=O) groups excluding carboxylic acids is 1. The number of ether oxygens (including phenoxy) is 2. The molecular formula is C23H22ClN3O5. The van der Waals surface area contributed by atoms with Gasteiger partial charge in [0.05, 0.1) is 28.3 Å². The van der Waals surface area contributed by atoms with E-state index in [1.807, 2.05) is 19.1 Å². The number of nitro groups is 1. The van der Waals surface area contributed by atoms with Gasteiger partial charge in [0.1, 0.15) is 18.1 Å². The Bertz CT molecular complexity index is 1190. The quantitative estimate of drug-likeness (QED) is 0.189. The van der Waals surface area contributed by atoms with Crippen LogP contribution in [-0.2, 0) is 13.2 Å². The number of ketones is 1. The van der Waals surface area contributed by atoms with Crippen molar-refractivity contribution in [3.05, 3.63) is 86.2 Å². The molecule has 1 aromatic heterocycles. The second-order valence-corrected chi connectivity index (χ2v) is 7.32. The Morgan fingerprint density at radius 3 is 2.62 bits per heavy atom. The van der Waals surface area contributed by atoms with Crippen LogP contribution in [0.25, 0.3) is 6.08 Å². The van der Waals surface area contributed by atoms with Gasteiger partial charge in [-0.3, -0.25) is 19.6 Å². The Morgan fingerprint density at radius 1 is 1.25 bits per heavy atom. The fraction of sp³-hybridized carbons (Fsp3) is 0.217. The summed E-state index contributed by atoms with van der Waals surface area (Å²) in [4.78, 5) is 22.9. The van der Waals surface area contributed by atoms with Crippen molar-refractivity contribution in [3.8, 4) is 11.5 Å². The van der Waals surface area contributed by atoms with Crippen LogP contribution in [0.4, 0.5) is 5.69 Å². The van der Waals surface area contributed by atoms with Crippen molar-refractivity contribution in [2.24, 2.45) is 0 Å². The van der Waals surface area contributed by atoms with Gasteiger partial charge in [0, 0.05) is 30.4 Å². The van der Waals surface area contributed by atoms with Crippen molar-refractivity contribution in [2.75, 3.05) is 7.11 Å². The first kappa shape index (κ1) is 23.0. The van der Waals surface area contributed by atoms with Gasteiger partial charge >= 0.3 is 0 Å². The van der Waals surface area contributed by atoms with E-state index in [4.69, 9.17) is 21.1 Å². The number of hydrogen-bond acceptors (Lipinski definition) is 6. The highest BCUT2D eigenvalue weighted by atomic mass is 35.5. The Morgan fingerprint density at radius 2 is 2.00 bits per heavy atom. The first-order valence-electron chi connectivity index (χ1n) is 9.82. The fourth-order valence-electron chi connectivity index (χ4n) is 3.07. The molecule has 0 aliphatic rings. The predicted octanol–water partition coefficient (Wildman–Crippen LogP) is 5.26. The van der Waals surface area contributed by atoms with Gasteiger partial charge in [-0.25, -0.2) is 0 Å². The molecule has 166 valence electrons. The Kier molecular flexibility index (Phi) is 7.27. The largest absolute Gasteiger partial charge is 0.496 e. The van der Waals surface area contributed by atoms with Crippen LogP contribution in [-0.4, -0.2) is 27.6 Å². The summed E-state index contributed by atoms with van der Waals surface area (Å²) in [5, 5.41) is 15.3. The molecule has 8 nitrogen and oxygen atoms in total. The van der Waals surface area contributed by atoms with Crippen molar-refractivity contribution in [2.45, 2.75) is 27.0 Å². The SMILES string of the molecule is CCn1cc(C(=O)/C=C/c2ccc(OC)c(COc3ccc([N+](=O)[O-])cc3Cl)c2)c(C)n1. The number of nitrogens with zero attached hydrogens (tertiary/aromatic N) is 3. The maximum absolute atomic E-state index is 12.5. The summed E-state index contributed by atoms with van der Waals surface area (Å²) in [5.74, 6) is 0.791. The summed E-state index contributed by atoms with van der Waals surface area (Å²) >= 11 is 6.10. The number of carbonyl (C=O) groups is 1. The fourth-order valence-corrected chi connectivity index (χ4v) is 3.30. The minimum atomic E-state index is -0.523. The molecule has 0 saturated heterocycles. The molecule has 0 fully saturated rings. The summed E-state index contributed by atoms with van der Waals surface area (Å²) in [6.45, 7) is 4.58. The number of aryl methyl sites for hydroxylation is 2. The van der Waals surface area contributed by atoms with Gasteiger partial charge in [-0.05, 0) is 43.7 Å². The van der Waals surface area contributed by atoms with E-state index in [1.54, 1.807) is 37.1 Å².